The molecular formula is C21H25FN2O2. The van der Waals surface area contributed by atoms with Crippen LogP contribution in [0.5, 0.6) is 5.75 Å². The van der Waals surface area contributed by atoms with E-state index in [1.165, 1.54) is 17.7 Å². The van der Waals surface area contributed by atoms with Gasteiger partial charge >= 0.3 is 0 Å². The molecule has 2 aromatic rings. The molecule has 0 saturated carbocycles. The average molecular weight is 356 g/mol. The van der Waals surface area contributed by atoms with Crippen LogP contribution in [0.1, 0.15) is 36.9 Å². The Morgan fingerprint density at radius 3 is 2.77 bits per heavy atom. The molecule has 0 aromatic heterocycles. The number of hydrogen-bond acceptors (Lipinski definition) is 3. The van der Waals surface area contributed by atoms with Gasteiger partial charge in [-0.1, -0.05) is 18.2 Å². The summed E-state index contributed by atoms with van der Waals surface area (Å²) in [7, 11) is 0. The minimum Gasteiger partial charge on any atom is -0.494 e. The molecule has 3 rings (SSSR count). The number of aryl methyl sites for hydroxylation is 1. The lowest BCUT2D eigenvalue weighted by Crippen LogP contribution is -2.33. The molecular weight excluding hydrogens is 331 g/mol. The van der Waals surface area contributed by atoms with Crippen molar-refractivity contribution in [1.29, 1.82) is 0 Å². The Kier molecular flexibility index (Phi) is 5.89. The van der Waals surface area contributed by atoms with Crippen molar-refractivity contribution in [3.8, 4) is 5.75 Å². The molecule has 1 heterocycles. The monoisotopic (exact) mass is 356 g/mol. The first kappa shape index (κ1) is 18.4. The second-order valence-corrected chi connectivity index (χ2v) is 6.64. The van der Waals surface area contributed by atoms with E-state index in [1.807, 2.05) is 26.0 Å². The van der Waals surface area contributed by atoms with Gasteiger partial charge in [0, 0.05) is 11.7 Å². The topological polar surface area (TPSA) is 41.6 Å². The number of halogens is 1. The molecule has 0 bridgehead atoms. The number of likely N-dealkylation sites (tertiary alicyclic amines) is 1. The van der Waals surface area contributed by atoms with E-state index in [9.17, 15) is 9.18 Å². The number of nitrogens with zero attached hydrogens (tertiary/aromatic N) is 1. The zero-order valence-corrected chi connectivity index (χ0v) is 15.3. The SMILES string of the molecule is CCOc1ccc(C2CCCN2CC(=O)Nc2cc(F)ccc2C)cc1. The fraction of sp³-hybridized carbons (Fsp3) is 0.381. The van der Waals surface area contributed by atoms with Gasteiger partial charge in [-0.3, -0.25) is 9.69 Å². The predicted octanol–water partition coefficient (Wildman–Crippen LogP) is 4.31. The number of carbonyl (C=O) groups is 1. The molecule has 1 saturated heterocycles. The number of ether oxygens (including phenoxy) is 1. The summed E-state index contributed by atoms with van der Waals surface area (Å²) >= 11 is 0. The smallest absolute Gasteiger partial charge is 0.238 e. The molecule has 4 nitrogen and oxygen atoms in total. The second-order valence-electron chi connectivity index (χ2n) is 6.64. The van der Waals surface area contributed by atoms with Crippen molar-refractivity contribution in [2.24, 2.45) is 0 Å². The van der Waals surface area contributed by atoms with Gasteiger partial charge in [-0.05, 0) is 68.6 Å². The van der Waals surface area contributed by atoms with Crippen LogP contribution in [0.4, 0.5) is 10.1 Å². The van der Waals surface area contributed by atoms with Crippen LogP contribution in [0.3, 0.4) is 0 Å². The normalized spacial score (nSPS) is 17.3. The molecule has 0 radical (unpaired) electrons. The lowest BCUT2D eigenvalue weighted by Gasteiger charge is -2.24. The summed E-state index contributed by atoms with van der Waals surface area (Å²) in [4.78, 5) is 14.6. The minimum atomic E-state index is -0.348. The van der Waals surface area contributed by atoms with Gasteiger partial charge < -0.3 is 10.1 Å². The second kappa shape index (κ2) is 8.32. The minimum absolute atomic E-state index is 0.114. The third kappa shape index (κ3) is 4.41. The molecule has 138 valence electrons. The zero-order valence-electron chi connectivity index (χ0n) is 15.3. The molecule has 1 aliphatic heterocycles. The van der Waals surface area contributed by atoms with Crippen LogP contribution in [0.2, 0.25) is 0 Å². The standard InChI is InChI=1S/C21H25FN2O2/c1-3-26-18-10-7-16(8-11-18)20-5-4-12-24(20)14-21(25)23-19-13-17(22)9-6-15(19)2/h6-11,13,20H,3-5,12,14H2,1-2H3,(H,23,25). The number of benzene rings is 2. The molecule has 1 atom stereocenters. The van der Waals surface area contributed by atoms with Crippen LogP contribution in [0.15, 0.2) is 42.5 Å². The molecule has 1 N–H and O–H groups in total. The summed E-state index contributed by atoms with van der Waals surface area (Å²) < 4.78 is 18.9. The molecule has 2 aromatic carbocycles. The molecule has 1 unspecified atom stereocenters. The average Bonchev–Trinajstić information content (AvgIpc) is 3.07. The van der Waals surface area contributed by atoms with Gasteiger partial charge in [0.1, 0.15) is 11.6 Å². The first-order chi connectivity index (χ1) is 12.6. The molecule has 0 spiro atoms. The highest BCUT2D eigenvalue weighted by Gasteiger charge is 2.27. The van der Waals surface area contributed by atoms with Crippen LogP contribution >= 0.6 is 0 Å². The summed E-state index contributed by atoms with van der Waals surface area (Å²) in [6.45, 7) is 5.65. The number of amides is 1. The number of carbonyl (C=O) groups excluding carboxylic acids is 1. The Bertz CT molecular complexity index is 761. The molecule has 5 heteroatoms. The number of anilines is 1. The third-order valence-corrected chi connectivity index (χ3v) is 4.76. The van der Waals surface area contributed by atoms with E-state index in [2.05, 4.69) is 22.3 Å². The fourth-order valence-electron chi connectivity index (χ4n) is 3.45. The Morgan fingerprint density at radius 2 is 2.04 bits per heavy atom. The number of nitrogens with one attached hydrogen (secondary N) is 1. The fourth-order valence-corrected chi connectivity index (χ4v) is 3.45. The number of hydrogen-bond donors (Lipinski definition) is 1. The van der Waals surface area contributed by atoms with Crippen molar-refractivity contribution in [3.63, 3.8) is 0 Å². The quantitative estimate of drug-likeness (QED) is 0.839. The van der Waals surface area contributed by atoms with Crippen LogP contribution < -0.4 is 10.1 Å². The summed E-state index contributed by atoms with van der Waals surface area (Å²) in [6.07, 6.45) is 2.09. The summed E-state index contributed by atoms with van der Waals surface area (Å²) in [5, 5.41) is 2.84. The first-order valence-electron chi connectivity index (χ1n) is 9.09. The molecule has 1 amide bonds. The summed E-state index contributed by atoms with van der Waals surface area (Å²) in [5.41, 5.74) is 2.58. The summed E-state index contributed by atoms with van der Waals surface area (Å²) in [6, 6.07) is 12.8. The van der Waals surface area contributed by atoms with Gasteiger partial charge in [-0.25, -0.2) is 4.39 Å². The van der Waals surface area contributed by atoms with Crippen LogP contribution in [0.25, 0.3) is 0 Å². The maximum absolute atomic E-state index is 13.4. The zero-order chi connectivity index (χ0) is 18.5. The van der Waals surface area contributed by atoms with Gasteiger partial charge in [-0.2, -0.15) is 0 Å². The van der Waals surface area contributed by atoms with Crippen molar-refractivity contribution < 1.29 is 13.9 Å². The van der Waals surface area contributed by atoms with Crippen molar-refractivity contribution >= 4 is 11.6 Å². The maximum atomic E-state index is 13.4. The van der Waals surface area contributed by atoms with E-state index in [0.717, 1.165) is 30.7 Å². The molecule has 0 aliphatic carbocycles. The van der Waals surface area contributed by atoms with Gasteiger partial charge in [0.25, 0.3) is 0 Å². The third-order valence-electron chi connectivity index (χ3n) is 4.76. The largest absolute Gasteiger partial charge is 0.494 e. The summed E-state index contributed by atoms with van der Waals surface area (Å²) in [5.74, 6) is 0.399. The first-order valence-corrected chi connectivity index (χ1v) is 9.09. The predicted molar refractivity (Wildman–Crippen MR) is 101 cm³/mol. The lowest BCUT2D eigenvalue weighted by molar-refractivity contribution is -0.117. The molecule has 1 aliphatic rings. The lowest BCUT2D eigenvalue weighted by atomic mass is 10.0. The van der Waals surface area contributed by atoms with Crippen LogP contribution in [0, 0.1) is 12.7 Å². The maximum Gasteiger partial charge on any atom is 0.238 e. The molecule has 1 fully saturated rings. The van der Waals surface area contributed by atoms with Gasteiger partial charge in [0.2, 0.25) is 5.91 Å². The van der Waals surface area contributed by atoms with Crippen molar-refractivity contribution in [3.05, 3.63) is 59.4 Å². The van der Waals surface area contributed by atoms with E-state index in [1.54, 1.807) is 6.07 Å². The number of rotatable bonds is 6. The van der Waals surface area contributed by atoms with Crippen molar-refractivity contribution in [2.75, 3.05) is 25.0 Å². The van der Waals surface area contributed by atoms with E-state index in [4.69, 9.17) is 4.74 Å². The van der Waals surface area contributed by atoms with Crippen molar-refractivity contribution in [1.82, 2.24) is 4.90 Å². The Morgan fingerprint density at radius 1 is 1.27 bits per heavy atom. The highest BCUT2D eigenvalue weighted by molar-refractivity contribution is 5.93. The van der Waals surface area contributed by atoms with Gasteiger partial charge in [0.05, 0.1) is 13.2 Å². The van der Waals surface area contributed by atoms with E-state index in [-0.39, 0.29) is 17.8 Å². The van der Waals surface area contributed by atoms with Gasteiger partial charge in [0.15, 0.2) is 0 Å². The van der Waals surface area contributed by atoms with Crippen LogP contribution in [-0.2, 0) is 4.79 Å². The van der Waals surface area contributed by atoms with E-state index in [0.29, 0.717) is 18.8 Å². The highest BCUT2D eigenvalue weighted by atomic mass is 19.1. The highest BCUT2D eigenvalue weighted by Crippen LogP contribution is 2.32. The van der Waals surface area contributed by atoms with E-state index >= 15 is 0 Å². The van der Waals surface area contributed by atoms with Crippen molar-refractivity contribution in [2.45, 2.75) is 32.7 Å². The Balaban J connectivity index is 1.64. The van der Waals surface area contributed by atoms with E-state index < -0.39 is 0 Å². The van der Waals surface area contributed by atoms with Gasteiger partial charge in [-0.15, -0.1) is 0 Å². The Hall–Kier alpha value is -2.40. The van der Waals surface area contributed by atoms with Crippen LogP contribution in [-0.4, -0.2) is 30.5 Å². The Labute approximate surface area is 154 Å². The molecule has 26 heavy (non-hydrogen) atoms.